The highest BCUT2D eigenvalue weighted by Crippen LogP contribution is 2.23. The van der Waals surface area contributed by atoms with E-state index in [0.29, 0.717) is 37.7 Å². The third kappa shape index (κ3) is 4.58. The Hall–Kier alpha value is -1.92. The van der Waals surface area contributed by atoms with E-state index < -0.39 is 0 Å². The Labute approximate surface area is 147 Å². The SMILES string of the molecule is CC1=C(C(=O)NCC(c2cccc(F)c2)N2CCOCC2)CCCO1. The summed E-state index contributed by atoms with van der Waals surface area (Å²) < 4.78 is 24.6. The van der Waals surface area contributed by atoms with Gasteiger partial charge >= 0.3 is 0 Å². The maximum atomic E-state index is 13.7. The van der Waals surface area contributed by atoms with Gasteiger partial charge in [0.1, 0.15) is 11.6 Å². The number of amides is 1. The van der Waals surface area contributed by atoms with E-state index in [-0.39, 0.29) is 17.8 Å². The van der Waals surface area contributed by atoms with Gasteiger partial charge in [0.15, 0.2) is 0 Å². The van der Waals surface area contributed by atoms with E-state index in [9.17, 15) is 9.18 Å². The Kier molecular flexibility index (Phi) is 6.04. The molecule has 1 saturated heterocycles. The quantitative estimate of drug-likeness (QED) is 0.888. The normalized spacial score (nSPS) is 20.1. The van der Waals surface area contributed by atoms with Crippen molar-refractivity contribution in [3.63, 3.8) is 0 Å². The largest absolute Gasteiger partial charge is 0.498 e. The van der Waals surface area contributed by atoms with Crippen molar-refractivity contribution in [1.29, 1.82) is 0 Å². The molecule has 6 heteroatoms. The van der Waals surface area contributed by atoms with Crippen molar-refractivity contribution in [3.05, 3.63) is 47.0 Å². The minimum atomic E-state index is -0.263. The van der Waals surface area contributed by atoms with Gasteiger partial charge in [-0.2, -0.15) is 0 Å². The van der Waals surface area contributed by atoms with Crippen LogP contribution in [0.1, 0.15) is 31.4 Å². The molecule has 5 nitrogen and oxygen atoms in total. The molecule has 1 unspecified atom stereocenters. The lowest BCUT2D eigenvalue weighted by molar-refractivity contribution is -0.118. The maximum Gasteiger partial charge on any atom is 0.250 e. The Morgan fingerprint density at radius 3 is 2.84 bits per heavy atom. The Bertz CT molecular complexity index is 641. The number of hydrogen-bond acceptors (Lipinski definition) is 4. The molecule has 2 aliphatic rings. The number of carbonyl (C=O) groups is 1. The smallest absolute Gasteiger partial charge is 0.250 e. The van der Waals surface area contributed by atoms with Gasteiger partial charge in [0, 0.05) is 19.6 Å². The molecule has 1 atom stereocenters. The number of allylic oxidation sites excluding steroid dienone is 1. The first-order chi connectivity index (χ1) is 12.1. The molecule has 0 aromatic heterocycles. The summed E-state index contributed by atoms with van der Waals surface area (Å²) in [7, 11) is 0. The van der Waals surface area contributed by atoms with Crippen LogP contribution in [-0.4, -0.2) is 50.3 Å². The molecular formula is C19H25FN2O3. The second kappa shape index (κ2) is 8.45. The molecule has 1 aromatic rings. The average molecular weight is 348 g/mol. The van der Waals surface area contributed by atoms with Crippen molar-refractivity contribution in [2.75, 3.05) is 39.5 Å². The Balaban J connectivity index is 1.72. The van der Waals surface area contributed by atoms with Crippen molar-refractivity contribution in [3.8, 4) is 0 Å². The van der Waals surface area contributed by atoms with Crippen LogP contribution in [0.5, 0.6) is 0 Å². The van der Waals surface area contributed by atoms with E-state index in [1.165, 1.54) is 6.07 Å². The lowest BCUT2D eigenvalue weighted by atomic mass is 10.0. The van der Waals surface area contributed by atoms with Gasteiger partial charge < -0.3 is 14.8 Å². The van der Waals surface area contributed by atoms with Gasteiger partial charge in [-0.25, -0.2) is 4.39 Å². The summed E-state index contributed by atoms with van der Waals surface area (Å²) in [5.41, 5.74) is 1.58. The number of ether oxygens (including phenoxy) is 2. The van der Waals surface area contributed by atoms with Crippen molar-refractivity contribution in [2.24, 2.45) is 0 Å². The molecule has 0 radical (unpaired) electrons. The summed E-state index contributed by atoms with van der Waals surface area (Å²) in [6.45, 7) is 5.76. The lowest BCUT2D eigenvalue weighted by Crippen LogP contribution is -2.44. The summed E-state index contributed by atoms with van der Waals surface area (Å²) in [6.07, 6.45) is 1.59. The summed E-state index contributed by atoms with van der Waals surface area (Å²) in [6, 6.07) is 6.52. The highest BCUT2D eigenvalue weighted by atomic mass is 19.1. The zero-order valence-corrected chi connectivity index (χ0v) is 14.6. The molecular weight excluding hydrogens is 323 g/mol. The fourth-order valence-electron chi connectivity index (χ4n) is 3.37. The molecule has 0 bridgehead atoms. The maximum absolute atomic E-state index is 13.7. The molecule has 3 rings (SSSR count). The fourth-order valence-corrected chi connectivity index (χ4v) is 3.37. The summed E-state index contributed by atoms with van der Waals surface area (Å²) in [4.78, 5) is 14.8. The third-order valence-electron chi connectivity index (χ3n) is 4.76. The molecule has 1 fully saturated rings. The van der Waals surface area contributed by atoms with Crippen molar-refractivity contribution in [1.82, 2.24) is 10.2 Å². The van der Waals surface area contributed by atoms with Gasteiger partial charge in [-0.05, 0) is 37.5 Å². The van der Waals surface area contributed by atoms with Gasteiger partial charge in [-0.3, -0.25) is 9.69 Å². The number of nitrogens with zero attached hydrogens (tertiary/aromatic N) is 1. The summed E-state index contributed by atoms with van der Waals surface area (Å²) in [5, 5.41) is 3.02. The van der Waals surface area contributed by atoms with Crippen LogP contribution in [0, 0.1) is 5.82 Å². The monoisotopic (exact) mass is 348 g/mol. The highest BCUT2D eigenvalue weighted by molar-refractivity contribution is 5.93. The number of halogens is 1. The van der Waals surface area contributed by atoms with Crippen LogP contribution in [0.25, 0.3) is 0 Å². The molecule has 2 heterocycles. The van der Waals surface area contributed by atoms with Gasteiger partial charge in [0.05, 0.1) is 31.4 Å². The van der Waals surface area contributed by atoms with Gasteiger partial charge in [-0.15, -0.1) is 0 Å². The first-order valence-corrected chi connectivity index (χ1v) is 8.83. The second-order valence-electron chi connectivity index (χ2n) is 6.42. The Morgan fingerprint density at radius 1 is 1.32 bits per heavy atom. The molecule has 1 N–H and O–H groups in total. The number of rotatable bonds is 5. The van der Waals surface area contributed by atoms with Crippen molar-refractivity contribution < 1.29 is 18.7 Å². The van der Waals surface area contributed by atoms with E-state index in [4.69, 9.17) is 9.47 Å². The van der Waals surface area contributed by atoms with Gasteiger partial charge in [0.25, 0.3) is 5.91 Å². The topological polar surface area (TPSA) is 50.8 Å². The molecule has 2 aliphatic heterocycles. The van der Waals surface area contributed by atoms with Crippen LogP contribution in [0.2, 0.25) is 0 Å². The first-order valence-electron chi connectivity index (χ1n) is 8.83. The van der Waals surface area contributed by atoms with Crippen LogP contribution >= 0.6 is 0 Å². The minimum Gasteiger partial charge on any atom is -0.498 e. The predicted octanol–water partition coefficient (Wildman–Crippen LogP) is 2.40. The first kappa shape index (κ1) is 17.9. The number of morpholine rings is 1. The fraction of sp³-hybridized carbons (Fsp3) is 0.526. The molecule has 0 spiro atoms. The van der Waals surface area contributed by atoms with Crippen molar-refractivity contribution >= 4 is 5.91 Å². The second-order valence-corrected chi connectivity index (χ2v) is 6.42. The van der Waals surface area contributed by atoms with E-state index in [1.807, 2.05) is 13.0 Å². The zero-order chi connectivity index (χ0) is 17.6. The highest BCUT2D eigenvalue weighted by Gasteiger charge is 2.25. The summed E-state index contributed by atoms with van der Waals surface area (Å²) in [5.74, 6) is 0.352. The van der Waals surface area contributed by atoms with Crippen molar-refractivity contribution in [2.45, 2.75) is 25.8 Å². The Morgan fingerprint density at radius 2 is 2.12 bits per heavy atom. The van der Waals surface area contributed by atoms with E-state index in [2.05, 4.69) is 10.2 Å². The van der Waals surface area contributed by atoms with Crippen LogP contribution in [0.3, 0.4) is 0 Å². The molecule has 25 heavy (non-hydrogen) atoms. The van der Waals surface area contributed by atoms with E-state index >= 15 is 0 Å². The van der Waals surface area contributed by atoms with E-state index in [1.54, 1.807) is 12.1 Å². The molecule has 0 saturated carbocycles. The number of hydrogen-bond donors (Lipinski definition) is 1. The van der Waals surface area contributed by atoms with Crippen LogP contribution in [0.4, 0.5) is 4.39 Å². The van der Waals surface area contributed by atoms with Gasteiger partial charge in [-0.1, -0.05) is 12.1 Å². The number of carbonyl (C=O) groups excluding carboxylic acids is 1. The molecule has 1 amide bonds. The summed E-state index contributed by atoms with van der Waals surface area (Å²) >= 11 is 0. The number of nitrogens with one attached hydrogen (secondary N) is 1. The van der Waals surface area contributed by atoms with Crippen LogP contribution in [0.15, 0.2) is 35.6 Å². The van der Waals surface area contributed by atoms with Gasteiger partial charge in [0.2, 0.25) is 0 Å². The third-order valence-corrected chi connectivity index (χ3v) is 4.76. The van der Waals surface area contributed by atoms with E-state index in [0.717, 1.165) is 31.5 Å². The predicted molar refractivity (Wildman–Crippen MR) is 92.4 cm³/mol. The molecule has 1 aromatic carbocycles. The van der Waals surface area contributed by atoms with Crippen LogP contribution < -0.4 is 5.32 Å². The van der Waals surface area contributed by atoms with Crippen LogP contribution in [-0.2, 0) is 14.3 Å². The lowest BCUT2D eigenvalue weighted by Gasteiger charge is -2.35. The molecule has 0 aliphatic carbocycles. The standard InChI is InChI=1S/C19H25FN2O3/c1-14-17(6-3-9-25-14)19(23)21-13-18(22-7-10-24-11-8-22)15-4-2-5-16(20)12-15/h2,4-5,12,18H,3,6-11,13H2,1H3,(H,21,23). The average Bonchev–Trinajstić information content (AvgIpc) is 2.63. The zero-order valence-electron chi connectivity index (χ0n) is 14.6. The number of benzene rings is 1. The minimum absolute atomic E-state index is 0.0750. The molecule has 136 valence electrons.